The van der Waals surface area contributed by atoms with Gasteiger partial charge >= 0.3 is 0 Å². The van der Waals surface area contributed by atoms with Gasteiger partial charge in [-0.15, -0.1) is 5.11 Å². The van der Waals surface area contributed by atoms with Crippen LogP contribution in [0, 0.1) is 0 Å². The molecule has 0 atom stereocenters. The molecule has 5 aromatic rings. The van der Waals surface area contributed by atoms with Crippen molar-refractivity contribution < 1.29 is 5.11 Å². The van der Waals surface area contributed by atoms with Gasteiger partial charge in [-0.1, -0.05) is 42.5 Å². The molecule has 28 heavy (non-hydrogen) atoms. The third-order valence-electron chi connectivity index (χ3n) is 4.73. The van der Waals surface area contributed by atoms with E-state index < -0.39 is 0 Å². The number of azo groups is 1. The van der Waals surface area contributed by atoms with Crippen molar-refractivity contribution in [3.05, 3.63) is 91.3 Å². The summed E-state index contributed by atoms with van der Waals surface area (Å²) in [5.41, 5.74) is 4.19. The van der Waals surface area contributed by atoms with Crippen molar-refractivity contribution in [3.63, 3.8) is 0 Å². The lowest BCUT2D eigenvalue weighted by Crippen LogP contribution is -1.90. The van der Waals surface area contributed by atoms with E-state index in [2.05, 4.69) is 15.2 Å². The Kier molecular flexibility index (Phi) is 3.84. The highest BCUT2D eigenvalue weighted by Crippen LogP contribution is 2.36. The number of phenols is 1. The molecule has 0 fully saturated rings. The fourth-order valence-corrected chi connectivity index (χ4v) is 3.30. The normalized spacial score (nSPS) is 11.6. The lowest BCUT2D eigenvalue weighted by molar-refractivity contribution is 0.477. The van der Waals surface area contributed by atoms with E-state index in [1.165, 1.54) is 0 Å². The lowest BCUT2D eigenvalue weighted by Gasteiger charge is -2.05. The molecule has 0 unspecified atom stereocenters. The number of hydrogen-bond acceptors (Lipinski definition) is 4. The minimum absolute atomic E-state index is 0.115. The third kappa shape index (κ3) is 2.79. The predicted octanol–water partition coefficient (Wildman–Crippen LogP) is 6.30. The number of fused-ring (bicyclic) bond motifs is 2. The van der Waals surface area contributed by atoms with Gasteiger partial charge in [0.05, 0.1) is 16.7 Å². The Bertz CT molecular complexity index is 1320. The van der Waals surface area contributed by atoms with Crippen molar-refractivity contribution in [1.82, 2.24) is 9.55 Å². The van der Waals surface area contributed by atoms with Gasteiger partial charge in [0.2, 0.25) is 0 Å². The molecule has 0 saturated heterocycles. The molecule has 0 aliphatic carbocycles. The van der Waals surface area contributed by atoms with Gasteiger partial charge in [-0.2, -0.15) is 5.11 Å². The quantitative estimate of drug-likeness (QED) is 0.382. The maximum atomic E-state index is 10.2. The summed E-state index contributed by atoms with van der Waals surface area (Å²) in [5.74, 6) is 0.115. The Morgan fingerprint density at radius 3 is 2.43 bits per heavy atom. The molecule has 0 radical (unpaired) electrons. The zero-order valence-corrected chi connectivity index (χ0v) is 14.9. The number of nitrogens with zero attached hydrogens (tertiary/aromatic N) is 4. The molecule has 0 bridgehead atoms. The standard InChI is InChI=1S/C23H16N4O/c28-22-14-9-16-5-1-2-6-19(16)23(22)26-25-17-10-12-18(13-11-17)27-15-24-20-7-3-4-8-21(20)27/h1-15,28H. The minimum atomic E-state index is 0.115. The summed E-state index contributed by atoms with van der Waals surface area (Å²) in [4.78, 5) is 4.43. The van der Waals surface area contributed by atoms with Gasteiger partial charge in [0.25, 0.3) is 0 Å². The minimum Gasteiger partial charge on any atom is -0.506 e. The van der Waals surface area contributed by atoms with Gasteiger partial charge in [-0.05, 0) is 47.9 Å². The zero-order valence-electron chi connectivity index (χ0n) is 14.9. The summed E-state index contributed by atoms with van der Waals surface area (Å²) >= 11 is 0. The zero-order chi connectivity index (χ0) is 18.9. The number of rotatable bonds is 3. The van der Waals surface area contributed by atoms with E-state index in [1.807, 2.05) is 89.8 Å². The third-order valence-corrected chi connectivity index (χ3v) is 4.73. The fourth-order valence-electron chi connectivity index (χ4n) is 3.30. The van der Waals surface area contributed by atoms with Crippen LogP contribution in [0.1, 0.15) is 0 Å². The molecule has 0 amide bonds. The van der Waals surface area contributed by atoms with Crippen LogP contribution in [0.15, 0.2) is 101 Å². The number of imidazole rings is 1. The monoisotopic (exact) mass is 364 g/mol. The number of para-hydroxylation sites is 2. The number of hydrogen-bond donors (Lipinski definition) is 1. The summed E-state index contributed by atoms with van der Waals surface area (Å²) in [5, 5.41) is 20.7. The maximum absolute atomic E-state index is 10.2. The molecule has 1 heterocycles. The topological polar surface area (TPSA) is 62.8 Å². The first kappa shape index (κ1) is 16.2. The van der Waals surface area contributed by atoms with Crippen molar-refractivity contribution in [3.8, 4) is 11.4 Å². The average Bonchev–Trinajstić information content (AvgIpc) is 3.18. The van der Waals surface area contributed by atoms with E-state index in [4.69, 9.17) is 0 Å². The molecular weight excluding hydrogens is 348 g/mol. The Morgan fingerprint density at radius 2 is 1.54 bits per heavy atom. The van der Waals surface area contributed by atoms with Crippen LogP contribution in [0.3, 0.4) is 0 Å². The molecule has 0 saturated carbocycles. The number of aromatic nitrogens is 2. The molecule has 0 aliphatic heterocycles. The first-order chi connectivity index (χ1) is 13.8. The van der Waals surface area contributed by atoms with Crippen molar-refractivity contribution in [2.75, 3.05) is 0 Å². The van der Waals surface area contributed by atoms with Crippen LogP contribution in [0.2, 0.25) is 0 Å². The van der Waals surface area contributed by atoms with E-state index in [0.29, 0.717) is 11.4 Å². The Balaban J connectivity index is 1.48. The molecule has 0 spiro atoms. The van der Waals surface area contributed by atoms with Crippen molar-refractivity contribution in [2.24, 2.45) is 10.2 Å². The molecule has 5 heteroatoms. The first-order valence-electron chi connectivity index (χ1n) is 8.94. The van der Waals surface area contributed by atoms with Crippen molar-refractivity contribution in [2.45, 2.75) is 0 Å². The molecule has 1 aromatic heterocycles. The summed E-state index contributed by atoms with van der Waals surface area (Å²) in [7, 11) is 0. The Labute approximate surface area is 161 Å². The van der Waals surface area contributed by atoms with Gasteiger partial charge in [-0.3, -0.25) is 4.57 Å². The maximum Gasteiger partial charge on any atom is 0.143 e. The second kappa shape index (κ2) is 6.63. The van der Waals surface area contributed by atoms with E-state index in [0.717, 1.165) is 27.5 Å². The van der Waals surface area contributed by atoms with Crippen molar-refractivity contribution in [1.29, 1.82) is 0 Å². The number of benzene rings is 4. The van der Waals surface area contributed by atoms with Crippen molar-refractivity contribution >= 4 is 33.2 Å². The Hall–Kier alpha value is -3.99. The largest absolute Gasteiger partial charge is 0.506 e. The molecule has 134 valence electrons. The van der Waals surface area contributed by atoms with Gasteiger partial charge in [0.1, 0.15) is 17.8 Å². The van der Waals surface area contributed by atoms with Crippen LogP contribution in [0.25, 0.3) is 27.5 Å². The highest BCUT2D eigenvalue weighted by Gasteiger charge is 2.06. The van der Waals surface area contributed by atoms with E-state index in [9.17, 15) is 5.11 Å². The molecule has 4 aromatic carbocycles. The van der Waals surface area contributed by atoms with E-state index in [-0.39, 0.29) is 5.75 Å². The van der Waals surface area contributed by atoms with E-state index >= 15 is 0 Å². The van der Waals surface area contributed by atoms with Crippen LogP contribution in [0.4, 0.5) is 11.4 Å². The van der Waals surface area contributed by atoms with Crippen LogP contribution in [-0.4, -0.2) is 14.7 Å². The van der Waals surface area contributed by atoms with Crippen LogP contribution in [0.5, 0.6) is 5.75 Å². The lowest BCUT2D eigenvalue weighted by atomic mass is 10.1. The SMILES string of the molecule is Oc1ccc2ccccc2c1N=Nc1ccc(-n2cnc3ccccc32)cc1. The molecule has 5 rings (SSSR count). The van der Waals surface area contributed by atoms with Gasteiger partial charge < -0.3 is 5.11 Å². The summed E-state index contributed by atoms with van der Waals surface area (Å²) in [6.07, 6.45) is 1.81. The molecular formula is C23H16N4O. The second-order valence-electron chi connectivity index (χ2n) is 6.47. The van der Waals surface area contributed by atoms with Crippen LogP contribution < -0.4 is 0 Å². The first-order valence-corrected chi connectivity index (χ1v) is 8.94. The number of phenolic OH excluding ortho intramolecular Hbond substituents is 1. The highest BCUT2D eigenvalue weighted by molar-refractivity contribution is 5.95. The molecule has 5 nitrogen and oxygen atoms in total. The predicted molar refractivity (Wildman–Crippen MR) is 111 cm³/mol. The second-order valence-corrected chi connectivity index (χ2v) is 6.47. The van der Waals surface area contributed by atoms with Crippen LogP contribution in [-0.2, 0) is 0 Å². The average molecular weight is 364 g/mol. The highest BCUT2D eigenvalue weighted by atomic mass is 16.3. The fraction of sp³-hybridized carbons (Fsp3) is 0. The smallest absolute Gasteiger partial charge is 0.143 e. The summed E-state index contributed by atoms with van der Waals surface area (Å²) < 4.78 is 2.03. The number of aromatic hydroxyl groups is 1. The van der Waals surface area contributed by atoms with Gasteiger partial charge in [0.15, 0.2) is 0 Å². The van der Waals surface area contributed by atoms with Gasteiger partial charge in [0, 0.05) is 11.1 Å². The molecule has 1 N–H and O–H groups in total. The Morgan fingerprint density at radius 1 is 0.750 bits per heavy atom. The molecule has 0 aliphatic rings. The van der Waals surface area contributed by atoms with Crippen LogP contribution >= 0.6 is 0 Å². The van der Waals surface area contributed by atoms with Gasteiger partial charge in [-0.25, -0.2) is 4.98 Å². The summed E-state index contributed by atoms with van der Waals surface area (Å²) in [6.45, 7) is 0. The van der Waals surface area contributed by atoms with E-state index in [1.54, 1.807) is 6.07 Å². The summed E-state index contributed by atoms with van der Waals surface area (Å²) in [6, 6.07) is 27.1.